The van der Waals surface area contributed by atoms with Crippen LogP contribution in [-0.2, 0) is 17.9 Å². The summed E-state index contributed by atoms with van der Waals surface area (Å²) in [6, 6.07) is 10.0. The lowest BCUT2D eigenvalue weighted by atomic mass is 10.0. The van der Waals surface area contributed by atoms with Crippen LogP contribution in [0.5, 0.6) is 11.5 Å². The van der Waals surface area contributed by atoms with E-state index in [9.17, 15) is 9.90 Å². The number of hydrogen-bond acceptors (Lipinski definition) is 4. The molecule has 27 heavy (non-hydrogen) atoms. The molecule has 5 nitrogen and oxygen atoms in total. The second kappa shape index (κ2) is 9.83. The van der Waals surface area contributed by atoms with Crippen molar-refractivity contribution in [3.05, 3.63) is 57.6 Å². The Hall–Kier alpha value is -1.95. The SMILES string of the molecule is COc1cccc(CNC(C(=O)O)C(C)C)c1OCc1ccc(Cl)cc1Cl. The molecule has 1 atom stereocenters. The normalized spacial score (nSPS) is 12.1. The first-order valence-electron chi connectivity index (χ1n) is 8.52. The third kappa shape index (κ3) is 5.76. The monoisotopic (exact) mass is 411 g/mol. The molecule has 1 unspecified atom stereocenters. The summed E-state index contributed by atoms with van der Waals surface area (Å²) in [5.74, 6) is 0.177. The molecular weight excluding hydrogens is 389 g/mol. The highest BCUT2D eigenvalue weighted by Crippen LogP contribution is 2.33. The van der Waals surface area contributed by atoms with Crippen molar-refractivity contribution in [2.45, 2.75) is 33.0 Å². The van der Waals surface area contributed by atoms with Crippen LogP contribution in [0, 0.1) is 5.92 Å². The average Bonchev–Trinajstić information content (AvgIpc) is 2.61. The summed E-state index contributed by atoms with van der Waals surface area (Å²) in [6.45, 7) is 4.28. The van der Waals surface area contributed by atoms with E-state index in [1.807, 2.05) is 26.0 Å². The zero-order valence-corrected chi connectivity index (χ0v) is 17.0. The van der Waals surface area contributed by atoms with Gasteiger partial charge in [-0.05, 0) is 24.1 Å². The van der Waals surface area contributed by atoms with Crippen LogP contribution in [0.3, 0.4) is 0 Å². The molecule has 2 aromatic rings. The lowest BCUT2D eigenvalue weighted by Gasteiger charge is -2.20. The highest BCUT2D eigenvalue weighted by atomic mass is 35.5. The van der Waals surface area contributed by atoms with E-state index < -0.39 is 12.0 Å². The van der Waals surface area contributed by atoms with E-state index in [1.54, 1.807) is 31.4 Å². The minimum absolute atomic E-state index is 0.0506. The molecule has 7 heteroatoms. The highest BCUT2D eigenvalue weighted by molar-refractivity contribution is 6.35. The summed E-state index contributed by atoms with van der Waals surface area (Å²) in [7, 11) is 1.56. The van der Waals surface area contributed by atoms with Gasteiger partial charge in [0.1, 0.15) is 12.6 Å². The predicted molar refractivity (Wildman–Crippen MR) is 107 cm³/mol. The number of carbonyl (C=O) groups is 1. The Morgan fingerprint density at radius 3 is 2.52 bits per heavy atom. The Balaban J connectivity index is 2.20. The van der Waals surface area contributed by atoms with Crippen molar-refractivity contribution in [3.8, 4) is 11.5 Å². The zero-order chi connectivity index (χ0) is 20.0. The van der Waals surface area contributed by atoms with Gasteiger partial charge < -0.3 is 14.6 Å². The average molecular weight is 412 g/mol. The summed E-state index contributed by atoms with van der Waals surface area (Å²) < 4.78 is 11.4. The van der Waals surface area contributed by atoms with Gasteiger partial charge >= 0.3 is 5.97 Å². The van der Waals surface area contributed by atoms with E-state index >= 15 is 0 Å². The maximum Gasteiger partial charge on any atom is 0.320 e. The second-order valence-corrected chi connectivity index (χ2v) is 7.26. The number of aliphatic carboxylic acids is 1. The summed E-state index contributed by atoms with van der Waals surface area (Å²) in [6.07, 6.45) is 0. The van der Waals surface area contributed by atoms with Gasteiger partial charge in [-0.25, -0.2) is 0 Å². The molecule has 0 aliphatic rings. The zero-order valence-electron chi connectivity index (χ0n) is 15.5. The number of carboxylic acid groups (broad SMARTS) is 1. The number of nitrogens with one attached hydrogen (secondary N) is 1. The molecule has 0 bridgehead atoms. The van der Waals surface area contributed by atoms with Crippen molar-refractivity contribution in [3.63, 3.8) is 0 Å². The first kappa shape index (κ1) is 21.4. The van der Waals surface area contributed by atoms with Gasteiger partial charge in [0.15, 0.2) is 11.5 Å². The molecular formula is C20H23Cl2NO4. The first-order chi connectivity index (χ1) is 12.8. The van der Waals surface area contributed by atoms with Crippen molar-refractivity contribution in [2.75, 3.05) is 7.11 Å². The predicted octanol–water partition coefficient (Wildman–Crippen LogP) is 4.78. The van der Waals surface area contributed by atoms with E-state index in [0.717, 1.165) is 11.1 Å². The third-order valence-corrected chi connectivity index (χ3v) is 4.70. The number of methoxy groups -OCH3 is 1. The molecule has 2 aromatic carbocycles. The molecule has 0 amide bonds. The molecule has 0 spiro atoms. The van der Waals surface area contributed by atoms with Crippen LogP contribution < -0.4 is 14.8 Å². The maximum absolute atomic E-state index is 11.4. The summed E-state index contributed by atoms with van der Waals surface area (Å²) in [4.78, 5) is 11.4. The molecule has 0 heterocycles. The number of benzene rings is 2. The van der Waals surface area contributed by atoms with Gasteiger partial charge in [-0.2, -0.15) is 0 Å². The van der Waals surface area contributed by atoms with Gasteiger partial charge in [0.2, 0.25) is 0 Å². The Morgan fingerprint density at radius 1 is 1.19 bits per heavy atom. The number of carboxylic acids is 1. The van der Waals surface area contributed by atoms with E-state index in [2.05, 4.69) is 5.32 Å². The van der Waals surface area contributed by atoms with E-state index in [-0.39, 0.29) is 12.5 Å². The van der Waals surface area contributed by atoms with E-state index in [4.69, 9.17) is 32.7 Å². The maximum atomic E-state index is 11.4. The van der Waals surface area contributed by atoms with Crippen LogP contribution in [-0.4, -0.2) is 24.2 Å². The lowest BCUT2D eigenvalue weighted by Crippen LogP contribution is -2.40. The van der Waals surface area contributed by atoms with Crippen molar-refractivity contribution in [2.24, 2.45) is 5.92 Å². The molecule has 0 aliphatic carbocycles. The molecule has 0 aliphatic heterocycles. The number of rotatable bonds is 9. The van der Waals surface area contributed by atoms with Crippen LogP contribution in [0.2, 0.25) is 10.0 Å². The number of halogens is 2. The fraction of sp³-hybridized carbons (Fsp3) is 0.350. The Kier molecular flexibility index (Phi) is 7.78. The van der Waals surface area contributed by atoms with Crippen molar-refractivity contribution < 1.29 is 19.4 Å². The van der Waals surface area contributed by atoms with Crippen LogP contribution in [0.4, 0.5) is 0 Å². The van der Waals surface area contributed by atoms with Gasteiger partial charge in [-0.1, -0.05) is 55.2 Å². The first-order valence-corrected chi connectivity index (χ1v) is 9.27. The van der Waals surface area contributed by atoms with Gasteiger partial charge in [0, 0.05) is 27.7 Å². The van der Waals surface area contributed by atoms with Gasteiger partial charge in [-0.3, -0.25) is 10.1 Å². The summed E-state index contributed by atoms with van der Waals surface area (Å²) in [5, 5.41) is 13.5. The van der Waals surface area contributed by atoms with Crippen LogP contribution in [0.15, 0.2) is 36.4 Å². The molecule has 0 aromatic heterocycles. The quantitative estimate of drug-likeness (QED) is 0.621. The number of para-hydroxylation sites is 1. The Labute approximate surface area is 169 Å². The van der Waals surface area contributed by atoms with Crippen LogP contribution >= 0.6 is 23.2 Å². The fourth-order valence-corrected chi connectivity index (χ4v) is 3.10. The van der Waals surface area contributed by atoms with Crippen LogP contribution in [0.1, 0.15) is 25.0 Å². The fourth-order valence-electron chi connectivity index (χ4n) is 2.64. The van der Waals surface area contributed by atoms with Crippen molar-refractivity contribution in [1.82, 2.24) is 5.32 Å². The molecule has 146 valence electrons. The van der Waals surface area contributed by atoms with E-state index in [1.165, 1.54) is 0 Å². The van der Waals surface area contributed by atoms with Crippen LogP contribution in [0.25, 0.3) is 0 Å². The van der Waals surface area contributed by atoms with E-state index in [0.29, 0.717) is 28.1 Å². The molecule has 0 radical (unpaired) electrons. The Bertz CT molecular complexity index is 796. The molecule has 0 saturated carbocycles. The second-order valence-electron chi connectivity index (χ2n) is 6.41. The highest BCUT2D eigenvalue weighted by Gasteiger charge is 2.21. The standard InChI is InChI=1S/C20H23Cl2NO4/c1-12(2)18(20(24)25)23-10-13-5-4-6-17(26-3)19(13)27-11-14-7-8-15(21)9-16(14)22/h4-9,12,18,23H,10-11H2,1-3H3,(H,24,25). The third-order valence-electron chi connectivity index (χ3n) is 4.11. The molecule has 0 saturated heterocycles. The number of ether oxygens (including phenoxy) is 2. The number of hydrogen-bond donors (Lipinski definition) is 2. The molecule has 2 N–H and O–H groups in total. The van der Waals surface area contributed by atoms with Gasteiger partial charge in [0.25, 0.3) is 0 Å². The lowest BCUT2D eigenvalue weighted by molar-refractivity contribution is -0.140. The smallest absolute Gasteiger partial charge is 0.320 e. The minimum Gasteiger partial charge on any atom is -0.493 e. The van der Waals surface area contributed by atoms with Crippen molar-refractivity contribution >= 4 is 29.2 Å². The molecule has 0 fully saturated rings. The molecule has 2 rings (SSSR count). The van der Waals surface area contributed by atoms with Gasteiger partial charge in [0.05, 0.1) is 7.11 Å². The topological polar surface area (TPSA) is 67.8 Å². The van der Waals surface area contributed by atoms with Gasteiger partial charge in [-0.15, -0.1) is 0 Å². The summed E-state index contributed by atoms with van der Waals surface area (Å²) >= 11 is 12.1. The summed E-state index contributed by atoms with van der Waals surface area (Å²) in [5.41, 5.74) is 1.59. The largest absolute Gasteiger partial charge is 0.493 e. The minimum atomic E-state index is -0.886. The van der Waals surface area contributed by atoms with Crippen molar-refractivity contribution in [1.29, 1.82) is 0 Å². The Morgan fingerprint density at radius 2 is 1.93 bits per heavy atom.